The summed E-state index contributed by atoms with van der Waals surface area (Å²) in [6.45, 7) is 5.02. The molecule has 10 nitrogen and oxygen atoms in total. The van der Waals surface area contributed by atoms with E-state index in [-0.39, 0.29) is 23.3 Å². The quantitative estimate of drug-likeness (QED) is 0.259. The molecule has 1 aliphatic carbocycles. The Morgan fingerprint density at radius 3 is 2.74 bits per heavy atom. The van der Waals surface area contributed by atoms with Crippen molar-refractivity contribution in [2.45, 2.75) is 62.7 Å². The summed E-state index contributed by atoms with van der Waals surface area (Å²) in [5.74, 6) is -0.524. The standard InChI is InChI=1S/C34H34ClFN4O6/c1-33(22-7-6-20(35)16-24(22)36)45-26-5-3-4-23(31(26)46-33)34-10-8-28(34)37-11-12-39(34)18-29-38-30-25(40(29)17-21-9-13-44-21)14-19(32(41)42)15-27(30)43-2/h3-7,14-16,21,28,37H,8-13,17-18H2,1-2H3,(H,41,42)/t21-,28?,33?,34?/m0/s1. The number of piperazine rings is 1. The van der Waals surface area contributed by atoms with Crippen LogP contribution in [-0.4, -0.2) is 64.5 Å². The van der Waals surface area contributed by atoms with E-state index in [1.807, 2.05) is 12.1 Å². The predicted octanol–water partition coefficient (Wildman–Crippen LogP) is 5.43. The van der Waals surface area contributed by atoms with Crippen molar-refractivity contribution in [3.8, 4) is 17.2 Å². The molecule has 3 aromatic carbocycles. The molecule has 8 rings (SSSR count). The number of para-hydroxylation sites is 1. The first-order chi connectivity index (χ1) is 22.2. The van der Waals surface area contributed by atoms with Crippen LogP contribution in [0, 0.1) is 5.82 Å². The lowest BCUT2D eigenvalue weighted by Gasteiger charge is -2.59. The number of benzene rings is 3. The molecular formula is C34H34ClFN4O6. The Bertz CT molecular complexity index is 1880. The van der Waals surface area contributed by atoms with E-state index in [4.69, 9.17) is 35.5 Å². The Balaban J connectivity index is 1.20. The second kappa shape index (κ2) is 10.8. The Hall–Kier alpha value is -3.90. The van der Waals surface area contributed by atoms with E-state index in [9.17, 15) is 9.90 Å². The van der Waals surface area contributed by atoms with E-state index in [1.165, 1.54) is 19.2 Å². The van der Waals surface area contributed by atoms with Crippen LogP contribution in [0.1, 0.15) is 53.5 Å². The van der Waals surface area contributed by atoms with Gasteiger partial charge in [0.1, 0.15) is 22.9 Å². The molecule has 1 saturated carbocycles. The third kappa shape index (κ3) is 4.47. The van der Waals surface area contributed by atoms with Gasteiger partial charge in [0.2, 0.25) is 0 Å². The van der Waals surface area contributed by atoms with Crippen LogP contribution >= 0.6 is 11.6 Å². The van der Waals surface area contributed by atoms with Crippen LogP contribution in [0.4, 0.5) is 4.39 Å². The lowest BCUT2D eigenvalue weighted by molar-refractivity contribution is -0.0807. The second-order valence-electron chi connectivity index (χ2n) is 12.6. The molecule has 2 saturated heterocycles. The zero-order valence-electron chi connectivity index (χ0n) is 25.5. The number of ether oxygens (including phenoxy) is 4. The van der Waals surface area contributed by atoms with E-state index in [0.29, 0.717) is 53.0 Å². The molecule has 4 aliphatic rings. The molecule has 0 spiro atoms. The normalized spacial score (nSPS) is 26.8. The molecule has 3 unspecified atom stereocenters. The maximum Gasteiger partial charge on any atom is 0.335 e. The zero-order chi connectivity index (χ0) is 31.8. The van der Waals surface area contributed by atoms with Crippen molar-refractivity contribution in [3.05, 3.63) is 81.9 Å². The minimum absolute atomic E-state index is 0.0259. The third-order valence-electron chi connectivity index (χ3n) is 10.1. The summed E-state index contributed by atoms with van der Waals surface area (Å²) in [6.07, 6.45) is 2.80. The minimum Gasteiger partial charge on any atom is -0.494 e. The van der Waals surface area contributed by atoms with Crippen molar-refractivity contribution >= 4 is 28.6 Å². The number of methoxy groups -OCH3 is 1. The number of nitrogens with one attached hydrogen (secondary N) is 1. The molecule has 0 radical (unpaired) electrons. The fourth-order valence-corrected chi connectivity index (χ4v) is 7.74. The number of halogens is 2. The summed E-state index contributed by atoms with van der Waals surface area (Å²) < 4.78 is 41.6. The number of rotatable bonds is 8. The molecule has 3 fully saturated rings. The van der Waals surface area contributed by atoms with Crippen LogP contribution in [0.5, 0.6) is 17.2 Å². The van der Waals surface area contributed by atoms with E-state index in [0.717, 1.165) is 43.7 Å². The van der Waals surface area contributed by atoms with Crippen LogP contribution in [0.25, 0.3) is 11.0 Å². The fourth-order valence-electron chi connectivity index (χ4n) is 7.58. The minimum atomic E-state index is -1.37. The van der Waals surface area contributed by atoms with Crippen molar-refractivity contribution in [3.63, 3.8) is 0 Å². The van der Waals surface area contributed by atoms with Crippen molar-refractivity contribution in [1.82, 2.24) is 19.8 Å². The van der Waals surface area contributed by atoms with Crippen molar-refractivity contribution in [2.75, 3.05) is 26.8 Å². The Kier molecular flexibility index (Phi) is 6.95. The number of imidazole rings is 1. The molecule has 4 heterocycles. The first-order valence-corrected chi connectivity index (χ1v) is 16.0. The number of aromatic nitrogens is 2. The van der Waals surface area contributed by atoms with Gasteiger partial charge in [0.15, 0.2) is 11.5 Å². The largest absolute Gasteiger partial charge is 0.494 e. The van der Waals surface area contributed by atoms with Crippen LogP contribution in [0.3, 0.4) is 0 Å². The van der Waals surface area contributed by atoms with Gasteiger partial charge in [-0.3, -0.25) is 4.90 Å². The van der Waals surface area contributed by atoms with E-state index in [1.54, 1.807) is 25.1 Å². The molecule has 240 valence electrons. The number of carbonyl (C=O) groups is 1. The Morgan fingerprint density at radius 2 is 2.04 bits per heavy atom. The number of fused-ring (bicyclic) bond motifs is 3. The van der Waals surface area contributed by atoms with Gasteiger partial charge < -0.3 is 33.9 Å². The monoisotopic (exact) mass is 648 g/mol. The lowest BCUT2D eigenvalue weighted by Crippen LogP contribution is -2.70. The maximum absolute atomic E-state index is 15.1. The number of hydrogen-bond donors (Lipinski definition) is 2. The maximum atomic E-state index is 15.1. The summed E-state index contributed by atoms with van der Waals surface area (Å²) in [6, 6.07) is 13.7. The molecule has 46 heavy (non-hydrogen) atoms. The van der Waals surface area contributed by atoms with Gasteiger partial charge >= 0.3 is 5.97 Å². The molecule has 2 N–H and O–H groups in total. The van der Waals surface area contributed by atoms with E-state index >= 15 is 4.39 Å². The Labute approximate surface area is 270 Å². The van der Waals surface area contributed by atoms with Crippen molar-refractivity contribution < 1.29 is 33.2 Å². The van der Waals surface area contributed by atoms with Crippen molar-refractivity contribution in [1.29, 1.82) is 0 Å². The van der Waals surface area contributed by atoms with E-state index < -0.39 is 23.1 Å². The summed E-state index contributed by atoms with van der Waals surface area (Å²) in [7, 11) is 1.53. The van der Waals surface area contributed by atoms with Gasteiger partial charge in [-0.25, -0.2) is 14.2 Å². The van der Waals surface area contributed by atoms with Crippen LogP contribution in [0.15, 0.2) is 48.5 Å². The lowest BCUT2D eigenvalue weighted by atomic mass is 9.64. The Morgan fingerprint density at radius 1 is 1.20 bits per heavy atom. The van der Waals surface area contributed by atoms with Gasteiger partial charge in [-0.15, -0.1) is 0 Å². The van der Waals surface area contributed by atoms with Gasteiger partial charge in [0.25, 0.3) is 5.79 Å². The number of nitrogens with zero attached hydrogens (tertiary/aromatic N) is 3. The molecule has 12 heteroatoms. The SMILES string of the molecule is COc1cc(C(=O)O)cc2c1nc(CN1CCNC3CCC31c1cccc3c1OC(C)(c1ccc(Cl)cc1F)O3)n2C[C@@H]1CCO1. The third-order valence-corrected chi connectivity index (χ3v) is 10.3. The van der Waals surface area contributed by atoms with Gasteiger partial charge in [0.05, 0.1) is 48.5 Å². The predicted molar refractivity (Wildman–Crippen MR) is 167 cm³/mol. The number of carboxylic acid groups (broad SMARTS) is 1. The highest BCUT2D eigenvalue weighted by Gasteiger charge is 2.57. The van der Waals surface area contributed by atoms with Crippen LogP contribution in [0.2, 0.25) is 5.02 Å². The second-order valence-corrected chi connectivity index (χ2v) is 13.0. The first kappa shape index (κ1) is 29.5. The highest BCUT2D eigenvalue weighted by molar-refractivity contribution is 6.30. The summed E-state index contributed by atoms with van der Waals surface area (Å²) in [5, 5.41) is 13.8. The molecule has 0 bridgehead atoms. The van der Waals surface area contributed by atoms with Gasteiger partial charge in [-0.1, -0.05) is 23.7 Å². The summed E-state index contributed by atoms with van der Waals surface area (Å²) >= 11 is 6.04. The number of aromatic carboxylic acids is 1. The van der Waals surface area contributed by atoms with Gasteiger partial charge in [0, 0.05) is 43.2 Å². The molecule has 4 aromatic rings. The highest BCUT2D eigenvalue weighted by Crippen LogP contribution is 2.56. The number of hydrogen-bond acceptors (Lipinski definition) is 8. The summed E-state index contributed by atoms with van der Waals surface area (Å²) in [4.78, 5) is 19.5. The highest BCUT2D eigenvalue weighted by atomic mass is 35.5. The zero-order valence-corrected chi connectivity index (χ0v) is 26.3. The summed E-state index contributed by atoms with van der Waals surface area (Å²) in [5.41, 5.74) is 2.26. The molecule has 4 atom stereocenters. The smallest absolute Gasteiger partial charge is 0.335 e. The molecular weight excluding hydrogens is 615 g/mol. The van der Waals surface area contributed by atoms with Crippen LogP contribution in [-0.2, 0) is 29.2 Å². The number of carboxylic acids is 1. The molecule has 0 amide bonds. The van der Waals surface area contributed by atoms with Gasteiger partial charge in [-0.2, -0.15) is 0 Å². The van der Waals surface area contributed by atoms with E-state index in [2.05, 4.69) is 20.9 Å². The average Bonchev–Trinajstić information content (AvgIpc) is 3.52. The average molecular weight is 649 g/mol. The molecule has 1 aromatic heterocycles. The topological polar surface area (TPSA) is 107 Å². The van der Waals surface area contributed by atoms with Crippen LogP contribution < -0.4 is 19.5 Å². The molecule has 3 aliphatic heterocycles. The fraction of sp³-hybridized carbons (Fsp3) is 0.412. The first-order valence-electron chi connectivity index (χ1n) is 15.6. The van der Waals surface area contributed by atoms with Crippen molar-refractivity contribution in [2.24, 2.45) is 0 Å². The van der Waals surface area contributed by atoms with Gasteiger partial charge in [-0.05, 0) is 55.7 Å².